The van der Waals surface area contributed by atoms with Crippen LogP contribution in [0.5, 0.6) is 115 Å². The van der Waals surface area contributed by atoms with Crippen LogP contribution in [0, 0.1) is 45.3 Å². The van der Waals surface area contributed by atoms with Gasteiger partial charge in [-0.2, -0.15) is 21.0 Å². The molecule has 0 amide bonds. The number of rotatable bonds is 36. The minimum Gasteiger partial charge on any atom is -0.489 e. The van der Waals surface area contributed by atoms with Gasteiger partial charge >= 0.3 is 0 Å². The predicted octanol–water partition coefficient (Wildman–Crippen LogP) is 26.3. The van der Waals surface area contributed by atoms with Crippen LogP contribution < -0.4 is 56.8 Å². The normalized spacial score (nSPS) is 12.5. The number of benzene rings is 14. The van der Waals surface area contributed by atoms with Crippen LogP contribution in [0.3, 0.4) is 0 Å². The molecule has 0 saturated carbocycles. The summed E-state index contributed by atoms with van der Waals surface area (Å²) in [7, 11) is 0. The third kappa shape index (κ3) is 18.6. The first-order valence-electron chi connectivity index (χ1n) is 42.5. The van der Waals surface area contributed by atoms with E-state index in [1.54, 1.807) is 291 Å². The van der Waals surface area contributed by atoms with Gasteiger partial charge in [-0.05, 0) is 167 Å². The molecule has 1 spiro atoms. The summed E-state index contributed by atoms with van der Waals surface area (Å²) in [4.78, 5) is 57.8. The molecule has 0 fully saturated rings. The lowest BCUT2D eigenvalue weighted by Gasteiger charge is -2.31. The fourth-order valence-electron chi connectivity index (χ4n) is 16.8. The molecule has 20 heteroatoms. The van der Waals surface area contributed by atoms with Gasteiger partial charge in [-0.1, -0.05) is 224 Å². The predicted molar refractivity (Wildman–Crippen MR) is 502 cm³/mol. The summed E-state index contributed by atoms with van der Waals surface area (Å²) >= 11 is 0. The Morgan fingerprint density at radius 1 is 0.263 bits per heavy atom. The van der Waals surface area contributed by atoms with Crippen molar-refractivity contribution in [3.05, 3.63) is 431 Å². The maximum atomic E-state index is 14.5. The van der Waals surface area contributed by atoms with Gasteiger partial charge in [-0.15, -0.1) is 0 Å². The largest absolute Gasteiger partial charge is 0.489 e. The van der Waals surface area contributed by atoms with Crippen LogP contribution in [0.4, 0.5) is 0 Å². The van der Waals surface area contributed by atoms with Crippen LogP contribution >= 0.6 is 0 Å². The number of carbonyl (C=O) groups excluding carboxylic acids is 4. The summed E-state index contributed by atoms with van der Waals surface area (Å²) in [5, 5.41) is 46.1. The first-order chi connectivity index (χ1) is 64.7. The Morgan fingerprint density at radius 3 is 0.669 bits per heavy atom. The van der Waals surface area contributed by atoms with Crippen molar-refractivity contribution in [2.75, 3.05) is 26.4 Å². The van der Waals surface area contributed by atoms with E-state index in [-0.39, 0.29) is 186 Å². The maximum absolute atomic E-state index is 14.5. The molecule has 0 bridgehead atoms. The molecule has 2 aliphatic rings. The van der Waals surface area contributed by atoms with E-state index in [9.17, 15) is 40.2 Å². The van der Waals surface area contributed by atoms with Crippen LogP contribution in [0.1, 0.15) is 149 Å². The zero-order chi connectivity index (χ0) is 92.9. The molecular formula is C113H84N4O16. The first kappa shape index (κ1) is 88.7. The Labute approximate surface area is 769 Å². The molecule has 0 aliphatic heterocycles. The lowest BCUT2D eigenvalue weighted by Crippen LogP contribution is -2.27. The van der Waals surface area contributed by atoms with Crippen molar-refractivity contribution in [1.82, 2.24) is 0 Å². The number of fused-ring (bicyclic) bond motifs is 4. The number of nitrogens with zero attached hydrogens (tertiary/aromatic N) is 4. The first-order valence-corrected chi connectivity index (χ1v) is 42.5. The molecule has 0 radical (unpaired) electrons. The van der Waals surface area contributed by atoms with Crippen LogP contribution in [0.2, 0.25) is 0 Å². The van der Waals surface area contributed by atoms with E-state index in [4.69, 9.17) is 56.8 Å². The summed E-state index contributed by atoms with van der Waals surface area (Å²) in [6.45, 7) is 24.2. The molecule has 0 saturated heterocycles. The zero-order valence-electron chi connectivity index (χ0n) is 72.9. The van der Waals surface area contributed by atoms with E-state index < -0.39 is 16.2 Å². The van der Waals surface area contributed by atoms with E-state index in [2.05, 4.69) is 78.3 Å². The number of hydrogen-bond donors (Lipinski definition) is 0. The summed E-state index contributed by atoms with van der Waals surface area (Å²) < 4.78 is 79.5. The number of ether oxygens (including phenoxy) is 12. The Bertz CT molecular complexity index is 6710. The summed E-state index contributed by atoms with van der Waals surface area (Å²) in [5.74, 6) is 0.421. The van der Waals surface area contributed by atoms with Crippen LogP contribution in [0.25, 0.3) is 0 Å². The Balaban J connectivity index is 0.867. The van der Waals surface area contributed by atoms with E-state index in [1.165, 1.54) is 0 Å². The molecule has 2 aliphatic carbocycles. The quantitative estimate of drug-likeness (QED) is 0.0261. The van der Waals surface area contributed by atoms with Crippen molar-refractivity contribution in [3.63, 3.8) is 0 Å². The van der Waals surface area contributed by atoms with Crippen molar-refractivity contribution in [2.45, 2.75) is 56.8 Å². The molecule has 0 unspecified atom stereocenters. The highest BCUT2D eigenvalue weighted by Crippen LogP contribution is 2.66. The molecule has 0 N–H and O–H groups in total. The molecule has 14 aromatic rings. The van der Waals surface area contributed by atoms with Gasteiger partial charge in [0.2, 0.25) is 0 Å². The Kier molecular flexibility index (Phi) is 25.9. The molecule has 20 nitrogen and oxygen atoms in total. The Hall–Kier alpha value is -17.7. The number of carbonyl (C=O) groups is 4. The van der Waals surface area contributed by atoms with Crippen molar-refractivity contribution >= 4 is 23.1 Å². The second-order valence-corrected chi connectivity index (χ2v) is 32.5. The average Bonchev–Trinajstić information content (AvgIpc) is 1.52. The highest BCUT2D eigenvalue weighted by molar-refractivity contribution is 6.13. The third-order valence-corrected chi connectivity index (χ3v) is 22.7. The third-order valence-electron chi connectivity index (χ3n) is 22.7. The second-order valence-electron chi connectivity index (χ2n) is 32.5. The van der Waals surface area contributed by atoms with Gasteiger partial charge in [0.05, 0.1) is 22.3 Å². The molecule has 0 atom stereocenters. The topological polar surface area (TPSA) is 274 Å². The Morgan fingerprint density at radius 2 is 0.466 bits per heavy atom. The SMILES string of the molecule is C=CCOc1ccc(C(=O)c2ccccc2)c(Oc2cccc(Oc3cc4c(cc3Oc3cccc(Oc5cc(OCC=C)ccc5C(=O)c5ccccc5)c3C#N)C3(CC4(C)C)CC(C)(C)c4cc(Oc5cccc(Oc6cc(OCC=C)ccc6C(=O)c6ccccc6)c5C#N)c(Oc5cccc(Oc6cc(OCC=C)ccc6C(=O)c6ccccc6)c5C#N)cc43)c2C#N)c1. The van der Waals surface area contributed by atoms with Gasteiger partial charge < -0.3 is 56.8 Å². The van der Waals surface area contributed by atoms with Gasteiger partial charge in [0.1, 0.15) is 165 Å². The van der Waals surface area contributed by atoms with Crippen molar-refractivity contribution < 1.29 is 76.0 Å². The minimum atomic E-state index is -1.02. The fraction of sp³-hybridized carbons (Fsp3) is 0.115. The van der Waals surface area contributed by atoms with Gasteiger partial charge in [0, 0.05) is 51.9 Å². The van der Waals surface area contributed by atoms with Crippen LogP contribution in [-0.4, -0.2) is 49.6 Å². The average molecular weight is 1750 g/mol. The molecule has 16 rings (SSSR count). The lowest BCUT2D eigenvalue weighted by atomic mass is 9.72. The lowest BCUT2D eigenvalue weighted by molar-refractivity contribution is 0.102. The van der Waals surface area contributed by atoms with E-state index >= 15 is 0 Å². The second kappa shape index (κ2) is 38.9. The van der Waals surface area contributed by atoms with Crippen LogP contribution in [-0.2, 0) is 16.2 Å². The fourth-order valence-corrected chi connectivity index (χ4v) is 16.8. The smallest absolute Gasteiger partial charge is 0.196 e. The van der Waals surface area contributed by atoms with Crippen LogP contribution in [0.15, 0.2) is 342 Å². The zero-order valence-corrected chi connectivity index (χ0v) is 72.9. The summed E-state index contributed by atoms with van der Waals surface area (Å²) in [6, 6.07) is 89.9. The minimum absolute atomic E-state index is 0.000247. The number of nitriles is 4. The van der Waals surface area contributed by atoms with Crippen molar-refractivity contribution in [2.24, 2.45) is 0 Å². The van der Waals surface area contributed by atoms with Crippen molar-refractivity contribution in [3.8, 4) is 139 Å². The molecule has 652 valence electrons. The number of hydrogen-bond acceptors (Lipinski definition) is 20. The van der Waals surface area contributed by atoms with Gasteiger partial charge in [0.25, 0.3) is 0 Å². The van der Waals surface area contributed by atoms with Gasteiger partial charge in [0.15, 0.2) is 46.1 Å². The maximum Gasteiger partial charge on any atom is 0.196 e. The molecule has 0 heterocycles. The summed E-state index contributed by atoms with van der Waals surface area (Å²) in [5.41, 5.74) is 2.30. The summed E-state index contributed by atoms with van der Waals surface area (Å²) in [6.07, 6.45) is 7.13. The molecule has 133 heavy (non-hydrogen) atoms. The highest BCUT2D eigenvalue weighted by atomic mass is 16.5. The molecular weight excluding hydrogens is 1670 g/mol. The molecule has 14 aromatic carbocycles. The van der Waals surface area contributed by atoms with Gasteiger partial charge in [-0.25, -0.2) is 0 Å². The standard InChI is InChI=1S/C113H84N4O16/c1-9-53-122-75-45-49-79(107(118)71-29-17-13-18-30-71)99(57-75)126-91-37-25-41-95(83(91)65-114)130-103-61-87-89(63-105(103)132-97-43-27-39-93(85(97)67-116)128-101-59-77(124-55-11-3)47-51-81(101)109(120)73-33-21-15-22-34-73)113(69-111(87,5)6)70-112(7,8)88-62-104(131-96-42-26-38-92(84(96)66-115)127-100-58-76(123-54-10-2)46-50-80(100)108(119)72-31-19-14-20-32-72)106(64-90(88)113)133-98-44-28-40-94(86(98)68-117)129-102-60-78(125-56-12-4)48-52-82(102)110(121)74-35-23-16-24-36-74/h9-52,57-64H,1-4,53-56,69-70H2,5-8H3. The number of ketones is 4. The highest BCUT2D eigenvalue weighted by Gasteiger charge is 2.57. The van der Waals surface area contributed by atoms with Gasteiger partial charge in [-0.3, -0.25) is 19.2 Å². The monoisotopic (exact) mass is 1750 g/mol. The van der Waals surface area contributed by atoms with Crippen molar-refractivity contribution in [1.29, 1.82) is 21.0 Å². The van der Waals surface area contributed by atoms with E-state index in [0.717, 1.165) is 22.3 Å². The van der Waals surface area contributed by atoms with E-state index in [0.29, 0.717) is 58.1 Å². The molecule has 0 aromatic heterocycles. The van der Waals surface area contributed by atoms with E-state index in [1.807, 2.05) is 24.3 Å².